The van der Waals surface area contributed by atoms with Gasteiger partial charge in [-0.2, -0.15) is 0 Å². The fourth-order valence-electron chi connectivity index (χ4n) is 4.44. The minimum Gasteiger partial charge on any atom is -0.399 e. The molecule has 1 aliphatic heterocycles. The molecule has 6 rings (SSSR count). The van der Waals surface area contributed by atoms with Crippen molar-refractivity contribution in [2.45, 2.75) is 38.9 Å². The molecule has 3 heterocycles. The minimum absolute atomic E-state index is 0.347. The molecule has 1 aliphatic rings. The lowest BCUT2D eigenvalue weighted by molar-refractivity contribution is 0.00578. The number of aromatic nitrogens is 1. The summed E-state index contributed by atoms with van der Waals surface area (Å²) in [7, 11) is -0.358. The first-order valence-corrected chi connectivity index (χ1v) is 11.8. The summed E-state index contributed by atoms with van der Waals surface area (Å²) in [6, 6.07) is 25.6. The van der Waals surface area contributed by atoms with Gasteiger partial charge >= 0.3 is 7.12 Å². The zero-order valence-corrected chi connectivity index (χ0v) is 19.5. The highest BCUT2D eigenvalue weighted by molar-refractivity contribution is 7.25. The van der Waals surface area contributed by atoms with Gasteiger partial charge in [0.15, 0.2) is 0 Å². The highest BCUT2D eigenvalue weighted by Crippen LogP contribution is 2.40. The summed E-state index contributed by atoms with van der Waals surface area (Å²) in [4.78, 5) is 6.22. The number of benzene rings is 3. The van der Waals surface area contributed by atoms with Crippen molar-refractivity contribution in [1.29, 1.82) is 0 Å². The molecule has 3 nitrogen and oxygen atoms in total. The van der Waals surface area contributed by atoms with E-state index in [9.17, 15) is 0 Å². The van der Waals surface area contributed by atoms with Crippen LogP contribution in [0.4, 0.5) is 0 Å². The van der Waals surface area contributed by atoms with Gasteiger partial charge in [-0.3, -0.25) is 0 Å². The minimum atomic E-state index is -0.358. The summed E-state index contributed by atoms with van der Waals surface area (Å²) in [5.74, 6) is 0. The first-order chi connectivity index (χ1) is 15.3. The van der Waals surface area contributed by atoms with Crippen molar-refractivity contribution in [2.75, 3.05) is 0 Å². The molecule has 0 amide bonds. The van der Waals surface area contributed by atoms with E-state index in [1.165, 1.54) is 26.2 Å². The molecule has 0 atom stereocenters. The van der Waals surface area contributed by atoms with Crippen molar-refractivity contribution in [2.24, 2.45) is 0 Å². The van der Waals surface area contributed by atoms with E-state index < -0.39 is 0 Å². The monoisotopic (exact) mass is 437 g/mol. The molecule has 0 radical (unpaired) electrons. The van der Waals surface area contributed by atoms with Crippen molar-refractivity contribution in [3.8, 4) is 11.3 Å². The Kier molecular flexibility index (Phi) is 4.29. The van der Waals surface area contributed by atoms with Crippen LogP contribution in [0.1, 0.15) is 27.7 Å². The Balaban J connectivity index is 1.48. The zero-order chi connectivity index (χ0) is 22.1. The van der Waals surface area contributed by atoms with Gasteiger partial charge in [0.05, 0.1) is 16.9 Å². The van der Waals surface area contributed by atoms with Crippen molar-refractivity contribution in [1.82, 2.24) is 4.98 Å². The van der Waals surface area contributed by atoms with Gasteiger partial charge in [0, 0.05) is 26.4 Å². The van der Waals surface area contributed by atoms with Crippen LogP contribution < -0.4 is 5.46 Å². The SMILES string of the molecule is CC1(C)OB(c2ccc(-c3nc4sc5ccccc5c4c4ccccc34)cc2)OC1(C)C. The van der Waals surface area contributed by atoms with Gasteiger partial charge in [0.2, 0.25) is 0 Å². The van der Waals surface area contributed by atoms with Crippen molar-refractivity contribution in [3.05, 3.63) is 72.8 Å². The molecule has 0 spiro atoms. The normalized spacial score (nSPS) is 17.6. The van der Waals surface area contributed by atoms with Gasteiger partial charge in [0.1, 0.15) is 4.83 Å². The van der Waals surface area contributed by atoms with Crippen LogP contribution >= 0.6 is 11.3 Å². The summed E-state index contributed by atoms with van der Waals surface area (Å²) < 4.78 is 13.7. The molecular weight excluding hydrogens is 413 g/mol. The van der Waals surface area contributed by atoms with Gasteiger partial charge in [-0.15, -0.1) is 11.3 Å². The molecule has 5 aromatic rings. The molecule has 0 bridgehead atoms. The number of pyridine rings is 1. The van der Waals surface area contributed by atoms with Crippen LogP contribution in [0.3, 0.4) is 0 Å². The molecule has 5 heteroatoms. The predicted octanol–water partition coefficient (Wildman–Crippen LogP) is 6.57. The van der Waals surface area contributed by atoms with Gasteiger partial charge in [-0.05, 0) is 44.6 Å². The van der Waals surface area contributed by atoms with E-state index in [1.54, 1.807) is 11.3 Å². The number of rotatable bonds is 2. The van der Waals surface area contributed by atoms with E-state index in [0.717, 1.165) is 21.6 Å². The second kappa shape index (κ2) is 6.88. The number of nitrogens with zero attached hydrogens (tertiary/aromatic N) is 1. The standard InChI is InChI=1S/C27H24BNO2S/c1-26(2)27(3,4)31-28(30-26)18-15-13-17(14-16-18)24-20-10-6-5-9-19(20)23-21-11-7-8-12-22(21)32-25(23)29-24/h5-16H,1-4H3. The first-order valence-electron chi connectivity index (χ1n) is 11.0. The molecule has 1 saturated heterocycles. The Hall–Kier alpha value is -2.73. The van der Waals surface area contributed by atoms with Crippen LogP contribution in [0.15, 0.2) is 72.8 Å². The molecule has 32 heavy (non-hydrogen) atoms. The maximum absolute atomic E-state index is 6.22. The summed E-state index contributed by atoms with van der Waals surface area (Å²) in [5.41, 5.74) is 2.45. The van der Waals surface area contributed by atoms with Crippen LogP contribution in [-0.2, 0) is 9.31 Å². The first kappa shape index (κ1) is 19.9. The van der Waals surface area contributed by atoms with Gasteiger partial charge in [-0.25, -0.2) is 4.98 Å². The molecule has 0 saturated carbocycles. The maximum Gasteiger partial charge on any atom is 0.494 e. The average Bonchev–Trinajstić information content (AvgIpc) is 3.26. The summed E-state index contributed by atoms with van der Waals surface area (Å²) in [6.45, 7) is 8.32. The number of fused-ring (bicyclic) bond motifs is 5. The van der Waals surface area contributed by atoms with E-state index in [0.29, 0.717) is 0 Å². The van der Waals surface area contributed by atoms with E-state index in [4.69, 9.17) is 14.3 Å². The van der Waals surface area contributed by atoms with E-state index >= 15 is 0 Å². The Morgan fingerprint density at radius 3 is 2.00 bits per heavy atom. The second-order valence-corrected chi connectivity index (χ2v) is 10.5. The van der Waals surface area contributed by atoms with Gasteiger partial charge < -0.3 is 9.31 Å². The third-order valence-electron chi connectivity index (χ3n) is 6.95. The highest BCUT2D eigenvalue weighted by Gasteiger charge is 2.51. The fourth-order valence-corrected chi connectivity index (χ4v) is 5.53. The lowest BCUT2D eigenvalue weighted by atomic mass is 9.78. The molecular formula is C27H24BNO2S. The molecule has 3 aromatic carbocycles. The molecule has 2 aromatic heterocycles. The quantitative estimate of drug-likeness (QED) is 0.293. The van der Waals surface area contributed by atoms with Crippen LogP contribution in [0, 0.1) is 0 Å². The van der Waals surface area contributed by atoms with Crippen LogP contribution in [0.2, 0.25) is 0 Å². The zero-order valence-electron chi connectivity index (χ0n) is 18.7. The second-order valence-electron chi connectivity index (χ2n) is 9.49. The van der Waals surface area contributed by atoms with E-state index in [1.807, 2.05) is 0 Å². The van der Waals surface area contributed by atoms with Crippen molar-refractivity contribution in [3.63, 3.8) is 0 Å². The molecule has 158 valence electrons. The number of hydrogen-bond acceptors (Lipinski definition) is 4. The van der Waals surface area contributed by atoms with Gasteiger partial charge in [0.25, 0.3) is 0 Å². The van der Waals surface area contributed by atoms with Crippen LogP contribution in [0.25, 0.3) is 42.3 Å². The average molecular weight is 437 g/mol. The Bertz CT molecular complexity index is 1470. The van der Waals surface area contributed by atoms with E-state index in [2.05, 4.69) is 100 Å². The summed E-state index contributed by atoms with van der Waals surface area (Å²) >= 11 is 1.76. The van der Waals surface area contributed by atoms with Gasteiger partial charge in [-0.1, -0.05) is 66.7 Å². The Labute approximate surface area is 192 Å². The summed E-state index contributed by atoms with van der Waals surface area (Å²) in [6.07, 6.45) is 0. The Morgan fingerprint density at radius 1 is 0.719 bits per heavy atom. The summed E-state index contributed by atoms with van der Waals surface area (Å²) in [5, 5.41) is 4.95. The fraction of sp³-hybridized carbons (Fsp3) is 0.222. The lowest BCUT2D eigenvalue weighted by Gasteiger charge is -2.32. The topological polar surface area (TPSA) is 31.4 Å². The highest BCUT2D eigenvalue weighted by atomic mass is 32.1. The van der Waals surface area contributed by atoms with Crippen molar-refractivity contribution < 1.29 is 9.31 Å². The molecule has 1 fully saturated rings. The molecule has 0 N–H and O–H groups in total. The smallest absolute Gasteiger partial charge is 0.399 e. The van der Waals surface area contributed by atoms with Crippen LogP contribution in [-0.4, -0.2) is 23.3 Å². The molecule has 0 aliphatic carbocycles. The number of thiophene rings is 1. The van der Waals surface area contributed by atoms with Crippen LogP contribution in [0.5, 0.6) is 0 Å². The maximum atomic E-state index is 6.22. The molecule has 0 unspecified atom stereocenters. The largest absolute Gasteiger partial charge is 0.494 e. The lowest BCUT2D eigenvalue weighted by Crippen LogP contribution is -2.41. The number of hydrogen-bond donors (Lipinski definition) is 0. The van der Waals surface area contributed by atoms with Crippen molar-refractivity contribution >= 4 is 55.0 Å². The Morgan fingerprint density at radius 2 is 1.31 bits per heavy atom. The van der Waals surface area contributed by atoms with E-state index in [-0.39, 0.29) is 18.3 Å². The third kappa shape index (κ3) is 2.92. The predicted molar refractivity (Wildman–Crippen MR) is 136 cm³/mol. The third-order valence-corrected chi connectivity index (χ3v) is 8.02.